The van der Waals surface area contributed by atoms with Gasteiger partial charge in [0.1, 0.15) is 17.2 Å². The molecule has 1 aromatic heterocycles. The number of nitrogens with zero attached hydrogens (tertiary/aromatic N) is 5. The first-order valence-electron chi connectivity index (χ1n) is 14.8. The second-order valence-corrected chi connectivity index (χ2v) is 12.2. The van der Waals surface area contributed by atoms with Gasteiger partial charge < -0.3 is 14.7 Å². The van der Waals surface area contributed by atoms with Crippen LogP contribution in [0.3, 0.4) is 0 Å². The van der Waals surface area contributed by atoms with Crippen LogP contribution in [0, 0.1) is 11.2 Å². The van der Waals surface area contributed by atoms with Gasteiger partial charge in [0.15, 0.2) is 5.82 Å². The highest BCUT2D eigenvalue weighted by atomic mass is 19.1. The zero-order valence-corrected chi connectivity index (χ0v) is 23.7. The number of rotatable bonds is 4. The largest absolute Gasteiger partial charge is 0.356 e. The normalized spacial score (nSPS) is 19.6. The summed E-state index contributed by atoms with van der Waals surface area (Å²) in [4.78, 5) is 28.7. The Morgan fingerprint density at radius 3 is 2.41 bits per heavy atom. The van der Waals surface area contributed by atoms with Gasteiger partial charge in [0.25, 0.3) is 0 Å². The first-order chi connectivity index (χ1) is 19.9. The summed E-state index contributed by atoms with van der Waals surface area (Å²) in [5.41, 5.74) is 2.04. The Morgan fingerprint density at radius 2 is 1.66 bits per heavy atom. The molecule has 7 rings (SSSR count). The Balaban J connectivity index is 1.28. The zero-order chi connectivity index (χ0) is 28.1. The van der Waals surface area contributed by atoms with E-state index < -0.39 is 0 Å². The van der Waals surface area contributed by atoms with Gasteiger partial charge in [-0.15, -0.1) is 0 Å². The monoisotopic (exact) mass is 549 g/mol. The molecule has 0 saturated carbocycles. The van der Waals surface area contributed by atoms with E-state index in [0.717, 1.165) is 98.3 Å². The fraction of sp³-hybridized carbons (Fsp3) is 0.382. The maximum Gasteiger partial charge on any atom is 0.245 e. The molecule has 0 bridgehead atoms. The molecule has 1 spiro atoms. The van der Waals surface area contributed by atoms with Crippen molar-refractivity contribution in [2.45, 2.75) is 31.6 Å². The van der Waals surface area contributed by atoms with E-state index in [4.69, 9.17) is 9.97 Å². The molecule has 0 unspecified atom stereocenters. The highest BCUT2D eigenvalue weighted by molar-refractivity contribution is 6.00. The van der Waals surface area contributed by atoms with Gasteiger partial charge in [-0.05, 0) is 74.3 Å². The number of halogens is 1. The summed E-state index contributed by atoms with van der Waals surface area (Å²) < 4.78 is 16.6. The van der Waals surface area contributed by atoms with E-state index in [1.165, 1.54) is 6.08 Å². The molecule has 0 aliphatic carbocycles. The van der Waals surface area contributed by atoms with Crippen LogP contribution in [-0.4, -0.2) is 72.0 Å². The minimum Gasteiger partial charge on any atom is -0.356 e. The summed E-state index contributed by atoms with van der Waals surface area (Å²) in [6.07, 6.45) is 5.32. The van der Waals surface area contributed by atoms with Crippen LogP contribution in [0.4, 0.5) is 10.2 Å². The van der Waals surface area contributed by atoms with Crippen LogP contribution < -0.4 is 4.90 Å². The van der Waals surface area contributed by atoms with E-state index in [0.29, 0.717) is 11.1 Å². The van der Waals surface area contributed by atoms with Crippen molar-refractivity contribution in [1.82, 2.24) is 19.8 Å². The van der Waals surface area contributed by atoms with E-state index in [1.54, 1.807) is 0 Å². The van der Waals surface area contributed by atoms with E-state index in [2.05, 4.69) is 41.6 Å². The number of likely N-dealkylation sites (tertiary alicyclic amines) is 2. The quantitative estimate of drug-likeness (QED) is 0.292. The standard InChI is InChI=1S/C34H36FN5O/c1-3-29(41)40-21-34(22-40)15-19-39(20-16-34)33-28-12-11-27(26-10-6-8-23-7-4-5-9-25(23)26)30(35)31(28)36-32(37-33)24-13-17-38(2)18-14-24/h3-12,24H,1,13-22H2,2H3. The summed E-state index contributed by atoms with van der Waals surface area (Å²) >= 11 is 0. The molecule has 6 nitrogen and oxygen atoms in total. The number of fused-ring (bicyclic) bond motifs is 2. The molecule has 3 saturated heterocycles. The molecule has 41 heavy (non-hydrogen) atoms. The molecule has 4 heterocycles. The lowest BCUT2D eigenvalue weighted by Gasteiger charge is -2.54. The highest BCUT2D eigenvalue weighted by Crippen LogP contribution is 2.43. The third-order valence-electron chi connectivity index (χ3n) is 9.63. The maximum atomic E-state index is 16.6. The Hall–Kier alpha value is -3.84. The predicted molar refractivity (Wildman–Crippen MR) is 163 cm³/mol. The van der Waals surface area contributed by atoms with Gasteiger partial charge in [-0.1, -0.05) is 55.1 Å². The third-order valence-corrected chi connectivity index (χ3v) is 9.63. The molecule has 4 aromatic rings. The zero-order valence-electron chi connectivity index (χ0n) is 23.7. The van der Waals surface area contributed by atoms with Crippen LogP contribution in [0.5, 0.6) is 0 Å². The molecule has 3 aliphatic rings. The minimum absolute atomic E-state index is 0.0140. The highest BCUT2D eigenvalue weighted by Gasteiger charge is 2.46. The Kier molecular flexibility index (Phi) is 6.50. The van der Waals surface area contributed by atoms with Crippen molar-refractivity contribution in [1.29, 1.82) is 0 Å². The van der Waals surface area contributed by atoms with Gasteiger partial charge in [0.05, 0.1) is 0 Å². The number of benzene rings is 3. The van der Waals surface area contributed by atoms with Crippen molar-refractivity contribution in [3.63, 3.8) is 0 Å². The average Bonchev–Trinajstić information content (AvgIpc) is 2.99. The second kappa shape index (κ2) is 10.2. The van der Waals surface area contributed by atoms with Gasteiger partial charge in [-0.25, -0.2) is 14.4 Å². The topological polar surface area (TPSA) is 52.6 Å². The smallest absolute Gasteiger partial charge is 0.245 e. The molecule has 7 heteroatoms. The number of anilines is 1. The lowest BCUT2D eigenvalue weighted by atomic mass is 9.72. The molecule has 0 radical (unpaired) electrons. The molecule has 0 N–H and O–H groups in total. The fourth-order valence-corrected chi connectivity index (χ4v) is 7.08. The van der Waals surface area contributed by atoms with Crippen LogP contribution in [0.2, 0.25) is 0 Å². The van der Waals surface area contributed by atoms with Crippen molar-refractivity contribution in [3.05, 3.63) is 78.9 Å². The summed E-state index contributed by atoms with van der Waals surface area (Å²) in [7, 11) is 2.15. The molecule has 3 aliphatic heterocycles. The van der Waals surface area contributed by atoms with Crippen molar-refractivity contribution in [3.8, 4) is 11.1 Å². The molecule has 1 amide bonds. The lowest BCUT2D eigenvalue weighted by molar-refractivity contribution is -0.139. The Labute approximate surface area is 240 Å². The molecule has 3 fully saturated rings. The number of carbonyl (C=O) groups is 1. The summed E-state index contributed by atoms with van der Waals surface area (Å²) in [5, 5.41) is 2.89. The van der Waals surface area contributed by atoms with E-state index in [1.807, 2.05) is 41.3 Å². The van der Waals surface area contributed by atoms with Crippen LogP contribution in [0.15, 0.2) is 67.3 Å². The maximum absolute atomic E-state index is 16.6. The Bertz CT molecular complexity index is 1640. The van der Waals surface area contributed by atoms with Crippen LogP contribution >= 0.6 is 0 Å². The van der Waals surface area contributed by atoms with E-state index in [9.17, 15) is 4.79 Å². The lowest BCUT2D eigenvalue weighted by Crippen LogP contribution is -2.61. The summed E-state index contributed by atoms with van der Waals surface area (Å²) in [6, 6.07) is 18.1. The molecule has 0 atom stereocenters. The van der Waals surface area contributed by atoms with Gasteiger partial charge in [0, 0.05) is 48.5 Å². The van der Waals surface area contributed by atoms with Crippen LogP contribution in [0.1, 0.15) is 37.4 Å². The number of amides is 1. The number of carbonyl (C=O) groups excluding carboxylic acids is 1. The first-order valence-corrected chi connectivity index (χ1v) is 14.8. The van der Waals surface area contributed by atoms with E-state index >= 15 is 4.39 Å². The average molecular weight is 550 g/mol. The van der Waals surface area contributed by atoms with Crippen molar-refractivity contribution >= 4 is 33.4 Å². The first kappa shape index (κ1) is 26.1. The van der Waals surface area contributed by atoms with Crippen molar-refractivity contribution in [2.24, 2.45) is 5.41 Å². The van der Waals surface area contributed by atoms with Crippen LogP contribution in [0.25, 0.3) is 32.8 Å². The SMILES string of the molecule is C=CC(=O)N1CC2(CCN(c3nc(C4CCN(C)CC4)nc4c(F)c(-c5cccc6ccccc56)ccc34)CC2)C1. The number of hydrogen-bond donors (Lipinski definition) is 0. The van der Waals surface area contributed by atoms with Crippen molar-refractivity contribution in [2.75, 3.05) is 51.2 Å². The van der Waals surface area contributed by atoms with Gasteiger partial charge in [-0.3, -0.25) is 4.79 Å². The molecular weight excluding hydrogens is 513 g/mol. The Morgan fingerprint density at radius 1 is 0.927 bits per heavy atom. The molecule has 3 aromatic carbocycles. The fourth-order valence-electron chi connectivity index (χ4n) is 7.08. The third kappa shape index (κ3) is 4.56. The predicted octanol–water partition coefficient (Wildman–Crippen LogP) is 6.01. The molecular formula is C34H36FN5O. The number of aromatic nitrogens is 2. The van der Waals surface area contributed by atoms with Crippen LogP contribution in [-0.2, 0) is 4.79 Å². The summed E-state index contributed by atoms with van der Waals surface area (Å²) in [6.45, 7) is 8.87. The van der Waals surface area contributed by atoms with Gasteiger partial charge in [0.2, 0.25) is 5.91 Å². The van der Waals surface area contributed by atoms with Gasteiger partial charge >= 0.3 is 0 Å². The van der Waals surface area contributed by atoms with Crippen molar-refractivity contribution < 1.29 is 9.18 Å². The number of hydrogen-bond acceptors (Lipinski definition) is 5. The minimum atomic E-state index is -0.275. The van der Waals surface area contributed by atoms with Gasteiger partial charge in [-0.2, -0.15) is 0 Å². The molecule has 210 valence electrons. The second-order valence-electron chi connectivity index (χ2n) is 12.2. The number of piperidine rings is 2. The summed E-state index contributed by atoms with van der Waals surface area (Å²) in [5.74, 6) is 1.57. The van der Waals surface area contributed by atoms with E-state index in [-0.39, 0.29) is 23.1 Å².